The molecule has 5 aromatic carbocycles. The van der Waals surface area contributed by atoms with Crippen LogP contribution in [-0.2, 0) is 37.3 Å². The Kier molecular flexibility index (Phi) is 11.0. The Morgan fingerprint density at radius 1 is 0.610 bits per heavy atom. The minimum absolute atomic E-state index is 0. The molecular formula is C53H55N4OPt-3. The normalized spacial score (nSPS) is 13.8. The van der Waals surface area contributed by atoms with Gasteiger partial charge in [-0.1, -0.05) is 148 Å². The molecule has 59 heavy (non-hydrogen) atoms. The number of pyridine rings is 1. The fourth-order valence-electron chi connectivity index (χ4n) is 8.02. The molecule has 0 N–H and O–H groups in total. The molecule has 3 heterocycles. The van der Waals surface area contributed by atoms with Crippen molar-refractivity contribution in [2.75, 3.05) is 9.80 Å². The van der Waals surface area contributed by atoms with Gasteiger partial charge < -0.3 is 19.1 Å². The molecule has 0 atom stereocenters. The number of aromatic nitrogens is 2. The van der Waals surface area contributed by atoms with Gasteiger partial charge in [-0.05, 0) is 69.4 Å². The molecule has 0 saturated carbocycles. The second kappa shape index (κ2) is 15.5. The average molecular weight is 959 g/mol. The molecule has 0 aliphatic carbocycles. The van der Waals surface area contributed by atoms with E-state index in [0.717, 1.165) is 28.2 Å². The minimum Gasteiger partial charge on any atom is -0.509 e. The van der Waals surface area contributed by atoms with Gasteiger partial charge in [0, 0.05) is 66.5 Å². The molecule has 0 amide bonds. The number of hydrogen-bond acceptors (Lipinski definition) is 4. The van der Waals surface area contributed by atoms with E-state index in [1.807, 2.05) is 18.3 Å². The van der Waals surface area contributed by atoms with Crippen LogP contribution in [0.15, 0.2) is 133 Å². The summed E-state index contributed by atoms with van der Waals surface area (Å²) in [6.45, 7) is 27.0. The first kappa shape index (κ1) is 42.0. The van der Waals surface area contributed by atoms with Gasteiger partial charge >= 0.3 is 0 Å². The Morgan fingerprint density at radius 3 is 2.02 bits per heavy atom. The summed E-state index contributed by atoms with van der Waals surface area (Å²) in [4.78, 5) is 9.38. The Balaban J connectivity index is 0.00000528. The smallest absolute Gasteiger partial charge is 0.135 e. The Hall–Kier alpha value is -5.12. The van der Waals surface area contributed by atoms with Crippen LogP contribution >= 0.6 is 0 Å². The molecule has 1 aliphatic heterocycles. The summed E-state index contributed by atoms with van der Waals surface area (Å²) in [5, 5.41) is 2.34. The molecule has 0 unspecified atom stereocenters. The summed E-state index contributed by atoms with van der Waals surface area (Å²) in [6.07, 6.45) is 4.14. The van der Waals surface area contributed by atoms with Crippen molar-refractivity contribution in [3.63, 3.8) is 0 Å². The van der Waals surface area contributed by atoms with E-state index in [1.165, 1.54) is 38.7 Å². The third-order valence-electron chi connectivity index (χ3n) is 11.4. The molecule has 6 heteroatoms. The summed E-state index contributed by atoms with van der Waals surface area (Å²) in [5.74, 6) is 2.12. The van der Waals surface area contributed by atoms with Crippen LogP contribution in [0, 0.1) is 24.2 Å². The van der Waals surface area contributed by atoms with E-state index in [0.29, 0.717) is 11.5 Å². The molecule has 0 radical (unpaired) electrons. The first-order chi connectivity index (χ1) is 27.4. The minimum atomic E-state index is -0.178. The molecule has 0 bridgehead atoms. The fraction of sp³-hybridized carbons (Fsp3) is 0.283. The van der Waals surface area contributed by atoms with E-state index in [-0.39, 0.29) is 42.7 Å². The predicted octanol–water partition coefficient (Wildman–Crippen LogP) is 13.8. The summed E-state index contributed by atoms with van der Waals surface area (Å²) in [5.41, 5.74) is 9.70. The van der Waals surface area contributed by atoms with Crippen molar-refractivity contribution in [2.24, 2.45) is 5.41 Å². The van der Waals surface area contributed by atoms with Crippen LogP contribution in [0.2, 0.25) is 0 Å². The second-order valence-electron chi connectivity index (χ2n) is 19.2. The second-order valence-corrected chi connectivity index (χ2v) is 19.2. The van der Waals surface area contributed by atoms with E-state index in [4.69, 9.17) is 9.72 Å². The van der Waals surface area contributed by atoms with Gasteiger partial charge in [0.1, 0.15) is 5.82 Å². The van der Waals surface area contributed by atoms with Crippen LogP contribution in [0.4, 0.5) is 11.4 Å². The van der Waals surface area contributed by atoms with Crippen molar-refractivity contribution >= 4 is 33.2 Å². The third-order valence-corrected chi connectivity index (χ3v) is 11.4. The maximum Gasteiger partial charge on any atom is 0.135 e. The van der Waals surface area contributed by atoms with Crippen LogP contribution < -0.4 is 14.5 Å². The molecule has 2 aromatic heterocycles. The van der Waals surface area contributed by atoms with Crippen molar-refractivity contribution in [3.8, 4) is 17.3 Å². The summed E-state index contributed by atoms with van der Waals surface area (Å²) >= 11 is 0. The van der Waals surface area contributed by atoms with Gasteiger partial charge in [0.2, 0.25) is 0 Å². The first-order valence-electron chi connectivity index (χ1n) is 20.4. The number of hydrogen-bond donors (Lipinski definition) is 0. The van der Waals surface area contributed by atoms with Gasteiger partial charge in [0.05, 0.1) is 0 Å². The average Bonchev–Trinajstić information content (AvgIpc) is 3.79. The van der Waals surface area contributed by atoms with Gasteiger partial charge in [-0.15, -0.1) is 48.3 Å². The molecule has 1 aliphatic rings. The van der Waals surface area contributed by atoms with Crippen LogP contribution in [0.3, 0.4) is 0 Å². The monoisotopic (exact) mass is 958 g/mol. The molecule has 7 aromatic rings. The van der Waals surface area contributed by atoms with Crippen LogP contribution in [0.25, 0.3) is 27.6 Å². The van der Waals surface area contributed by atoms with E-state index in [1.54, 1.807) is 0 Å². The quantitative estimate of drug-likeness (QED) is 0.149. The number of rotatable bonds is 7. The largest absolute Gasteiger partial charge is 0.509 e. The summed E-state index contributed by atoms with van der Waals surface area (Å²) in [7, 11) is 0. The van der Waals surface area contributed by atoms with Gasteiger partial charge in [0.25, 0.3) is 0 Å². The van der Waals surface area contributed by atoms with Gasteiger partial charge in [-0.25, -0.2) is 4.98 Å². The zero-order chi connectivity index (χ0) is 41.2. The van der Waals surface area contributed by atoms with Crippen molar-refractivity contribution in [2.45, 2.75) is 92.4 Å². The standard InChI is InChI=1S/C53H55N4O.Pt/c1-50(2,3)37-27-28-54-48(30-37)57-45-26-16-15-25-43(45)49-44(51(4,5)6)32-42(33-46(49)57)58-41-24-18-22-39(31-41)55-34-47(52(7,8)9)56(35-55)40-23-17-21-38(29-40)53(10,11)36-19-13-12-14-20-36;/h12-30,32,34-35H,1-11H3;/q-3;. The van der Waals surface area contributed by atoms with E-state index in [2.05, 4.69) is 219 Å². The topological polar surface area (TPSA) is 33.5 Å². The maximum atomic E-state index is 6.77. The number of anilines is 2. The zero-order valence-electron chi connectivity index (χ0n) is 36.2. The third kappa shape index (κ3) is 8.11. The van der Waals surface area contributed by atoms with Crippen LogP contribution in [0.1, 0.15) is 98.4 Å². The molecular weight excluding hydrogens is 904 g/mol. The summed E-state index contributed by atoms with van der Waals surface area (Å²) in [6, 6.07) is 48.1. The number of para-hydroxylation sites is 1. The van der Waals surface area contributed by atoms with Crippen LogP contribution in [0.5, 0.6) is 11.5 Å². The number of nitrogens with zero attached hydrogens (tertiary/aromatic N) is 4. The number of allylic oxidation sites excluding steroid dienone is 1. The van der Waals surface area contributed by atoms with Gasteiger partial charge in [0.15, 0.2) is 0 Å². The molecule has 306 valence electrons. The Bertz CT molecular complexity index is 2670. The Morgan fingerprint density at radius 2 is 1.31 bits per heavy atom. The van der Waals surface area contributed by atoms with E-state index < -0.39 is 0 Å². The number of ether oxygens (including phenoxy) is 1. The van der Waals surface area contributed by atoms with Crippen molar-refractivity contribution in [3.05, 3.63) is 174 Å². The van der Waals surface area contributed by atoms with E-state index in [9.17, 15) is 0 Å². The van der Waals surface area contributed by atoms with Gasteiger partial charge in [-0.2, -0.15) is 6.07 Å². The number of fused-ring (bicyclic) bond motifs is 3. The van der Waals surface area contributed by atoms with Crippen LogP contribution in [-0.4, -0.2) is 9.55 Å². The summed E-state index contributed by atoms with van der Waals surface area (Å²) < 4.78 is 9.01. The number of benzene rings is 5. The van der Waals surface area contributed by atoms with Gasteiger partial charge in [-0.3, -0.25) is 0 Å². The van der Waals surface area contributed by atoms with Crippen molar-refractivity contribution in [1.29, 1.82) is 0 Å². The van der Waals surface area contributed by atoms with E-state index >= 15 is 0 Å². The predicted molar refractivity (Wildman–Crippen MR) is 242 cm³/mol. The Labute approximate surface area is 366 Å². The molecule has 5 nitrogen and oxygen atoms in total. The molecule has 8 rings (SSSR count). The zero-order valence-corrected chi connectivity index (χ0v) is 38.5. The maximum absolute atomic E-state index is 6.77. The molecule has 0 spiro atoms. The first-order valence-corrected chi connectivity index (χ1v) is 20.4. The molecule has 0 saturated heterocycles. The van der Waals surface area contributed by atoms with Crippen molar-refractivity contribution in [1.82, 2.24) is 9.55 Å². The fourth-order valence-corrected chi connectivity index (χ4v) is 8.02. The van der Waals surface area contributed by atoms with Crippen molar-refractivity contribution < 1.29 is 25.8 Å². The SMILES string of the molecule is CC(C)(C)C1=CN(c2[c-]c(Oc3[c-]c4c(c(C(C)(C)C)c3)c3ccccc3n4-c3cc(C(C)(C)C)ccn3)ccc2)[CH-]N1c1cccc(C(C)(C)c2ccccc2)c1.[Pt]. The molecule has 0 fully saturated rings.